The zero-order chi connectivity index (χ0) is 13.3. The lowest BCUT2D eigenvalue weighted by molar-refractivity contribution is -0.139. The first kappa shape index (κ1) is 13.0. The van der Waals surface area contributed by atoms with Gasteiger partial charge in [-0.1, -0.05) is 11.6 Å². The number of carboxylic acid groups (broad SMARTS) is 1. The fourth-order valence-electron chi connectivity index (χ4n) is 2.19. The molecule has 0 aromatic heterocycles. The van der Waals surface area contributed by atoms with Crippen molar-refractivity contribution in [3.05, 3.63) is 22.2 Å². The summed E-state index contributed by atoms with van der Waals surface area (Å²) in [5.41, 5.74) is 1.44. The lowest BCUT2D eigenvalue weighted by Crippen LogP contribution is -2.35. The molecular weight excluding hydrogens is 258 g/mol. The lowest BCUT2D eigenvalue weighted by Gasteiger charge is -2.26. The third kappa shape index (κ3) is 2.00. The SMILES string of the molecule is COc1cc2c(c(Cl)c1OC)CCNC2C(=O)O. The number of rotatable bonds is 3. The molecule has 0 saturated carbocycles. The van der Waals surface area contributed by atoms with Gasteiger partial charge in [-0.3, -0.25) is 4.79 Å². The molecule has 0 bridgehead atoms. The zero-order valence-corrected chi connectivity index (χ0v) is 10.9. The smallest absolute Gasteiger partial charge is 0.325 e. The van der Waals surface area contributed by atoms with Crippen molar-refractivity contribution >= 4 is 17.6 Å². The number of carboxylic acids is 1. The number of nitrogens with one attached hydrogen (secondary N) is 1. The van der Waals surface area contributed by atoms with Gasteiger partial charge in [0.25, 0.3) is 0 Å². The minimum atomic E-state index is -0.931. The summed E-state index contributed by atoms with van der Waals surface area (Å²) in [5, 5.41) is 12.6. The number of halogens is 1. The number of hydrogen-bond acceptors (Lipinski definition) is 4. The summed E-state index contributed by atoms with van der Waals surface area (Å²) in [4.78, 5) is 11.2. The summed E-state index contributed by atoms with van der Waals surface area (Å²) in [6, 6.07) is 0.913. The number of hydrogen-bond donors (Lipinski definition) is 2. The van der Waals surface area contributed by atoms with E-state index in [0.29, 0.717) is 35.1 Å². The summed E-state index contributed by atoms with van der Waals surface area (Å²) < 4.78 is 10.4. The van der Waals surface area contributed by atoms with Crippen LogP contribution in [0.3, 0.4) is 0 Å². The average Bonchev–Trinajstić information content (AvgIpc) is 2.37. The van der Waals surface area contributed by atoms with Gasteiger partial charge in [0.15, 0.2) is 11.5 Å². The number of methoxy groups -OCH3 is 2. The molecule has 1 aliphatic rings. The Balaban J connectivity index is 2.62. The van der Waals surface area contributed by atoms with E-state index in [9.17, 15) is 9.90 Å². The molecule has 0 spiro atoms. The van der Waals surface area contributed by atoms with Gasteiger partial charge in [-0.2, -0.15) is 0 Å². The monoisotopic (exact) mass is 271 g/mol. The Labute approximate surface area is 110 Å². The van der Waals surface area contributed by atoms with Crippen LogP contribution in [0.5, 0.6) is 11.5 Å². The lowest BCUT2D eigenvalue weighted by atomic mass is 9.93. The first-order valence-electron chi connectivity index (χ1n) is 5.49. The minimum absolute atomic E-state index is 0.430. The highest BCUT2D eigenvalue weighted by atomic mass is 35.5. The predicted octanol–water partition coefficient (Wildman–Crippen LogP) is 1.63. The Bertz CT molecular complexity index is 489. The number of aliphatic carboxylic acids is 1. The normalized spacial score (nSPS) is 18.1. The van der Waals surface area contributed by atoms with Gasteiger partial charge in [-0.15, -0.1) is 0 Å². The maximum absolute atomic E-state index is 11.2. The summed E-state index contributed by atoms with van der Waals surface area (Å²) in [6.45, 7) is 0.569. The van der Waals surface area contributed by atoms with Gasteiger partial charge < -0.3 is 19.9 Å². The van der Waals surface area contributed by atoms with Gasteiger partial charge in [0.05, 0.1) is 19.2 Å². The van der Waals surface area contributed by atoms with Crippen LogP contribution in [-0.4, -0.2) is 31.8 Å². The van der Waals surface area contributed by atoms with Crippen LogP contribution in [0.2, 0.25) is 5.02 Å². The van der Waals surface area contributed by atoms with Crippen molar-refractivity contribution in [3.8, 4) is 11.5 Å². The summed E-state index contributed by atoms with van der Waals surface area (Å²) >= 11 is 6.26. The molecule has 2 N–H and O–H groups in total. The fourth-order valence-corrected chi connectivity index (χ4v) is 2.56. The van der Waals surface area contributed by atoms with Gasteiger partial charge in [-0.25, -0.2) is 0 Å². The quantitative estimate of drug-likeness (QED) is 0.875. The molecule has 0 fully saturated rings. The summed E-state index contributed by atoms with van der Waals surface area (Å²) in [7, 11) is 3.00. The molecule has 1 aliphatic heterocycles. The van der Waals surface area contributed by atoms with Crippen molar-refractivity contribution in [2.45, 2.75) is 12.5 Å². The summed E-state index contributed by atoms with van der Waals surface area (Å²) in [6.07, 6.45) is 0.665. The maximum atomic E-state index is 11.2. The number of benzene rings is 1. The van der Waals surface area contributed by atoms with Crippen LogP contribution in [-0.2, 0) is 11.2 Å². The highest BCUT2D eigenvalue weighted by Crippen LogP contribution is 2.42. The van der Waals surface area contributed by atoms with E-state index in [4.69, 9.17) is 21.1 Å². The Morgan fingerprint density at radius 2 is 2.22 bits per heavy atom. The first-order chi connectivity index (χ1) is 8.60. The molecule has 1 heterocycles. The van der Waals surface area contributed by atoms with Crippen molar-refractivity contribution in [1.82, 2.24) is 5.32 Å². The van der Waals surface area contributed by atoms with Gasteiger partial charge >= 0.3 is 5.97 Å². The highest BCUT2D eigenvalue weighted by Gasteiger charge is 2.30. The third-order valence-corrected chi connectivity index (χ3v) is 3.43. The molecule has 0 saturated heterocycles. The van der Waals surface area contributed by atoms with E-state index in [2.05, 4.69) is 5.32 Å². The van der Waals surface area contributed by atoms with Crippen LogP contribution in [0.1, 0.15) is 17.2 Å². The van der Waals surface area contributed by atoms with E-state index in [0.717, 1.165) is 5.56 Å². The third-order valence-electron chi connectivity index (χ3n) is 3.03. The minimum Gasteiger partial charge on any atom is -0.493 e. The Morgan fingerprint density at radius 1 is 1.50 bits per heavy atom. The molecule has 0 radical (unpaired) electrons. The Kier molecular flexibility index (Phi) is 3.63. The van der Waals surface area contributed by atoms with Crippen molar-refractivity contribution in [1.29, 1.82) is 0 Å². The summed E-state index contributed by atoms with van der Waals surface area (Å²) in [5.74, 6) is -0.0422. The Hall–Kier alpha value is -1.46. The van der Waals surface area contributed by atoms with Gasteiger partial charge in [0, 0.05) is 6.54 Å². The fraction of sp³-hybridized carbons (Fsp3) is 0.417. The van der Waals surface area contributed by atoms with Crippen molar-refractivity contribution in [2.24, 2.45) is 0 Å². The molecule has 1 aromatic carbocycles. The number of ether oxygens (including phenoxy) is 2. The molecule has 1 aromatic rings. The van der Waals surface area contributed by atoms with E-state index in [1.54, 1.807) is 6.07 Å². The highest BCUT2D eigenvalue weighted by molar-refractivity contribution is 6.33. The molecule has 0 aliphatic carbocycles. The molecule has 2 rings (SSSR count). The topological polar surface area (TPSA) is 67.8 Å². The second kappa shape index (κ2) is 5.04. The second-order valence-corrected chi connectivity index (χ2v) is 4.35. The van der Waals surface area contributed by atoms with Gasteiger partial charge in [0.2, 0.25) is 0 Å². The van der Waals surface area contributed by atoms with Crippen molar-refractivity contribution in [3.63, 3.8) is 0 Å². The van der Waals surface area contributed by atoms with E-state index in [1.807, 2.05) is 0 Å². The molecule has 0 amide bonds. The molecule has 1 unspecified atom stereocenters. The van der Waals surface area contributed by atoms with E-state index < -0.39 is 12.0 Å². The molecule has 1 atom stereocenters. The number of carbonyl (C=O) groups is 1. The van der Waals surface area contributed by atoms with Crippen LogP contribution in [0.25, 0.3) is 0 Å². The standard InChI is InChI=1S/C12H14ClNO4/c1-17-8-5-7-6(9(13)11(8)18-2)3-4-14-10(7)12(15)16/h5,10,14H,3-4H2,1-2H3,(H,15,16). The van der Waals surface area contributed by atoms with Gasteiger partial charge in [-0.05, 0) is 23.6 Å². The molecule has 98 valence electrons. The molecule has 6 heteroatoms. The van der Waals surface area contributed by atoms with E-state index >= 15 is 0 Å². The largest absolute Gasteiger partial charge is 0.493 e. The maximum Gasteiger partial charge on any atom is 0.325 e. The van der Waals surface area contributed by atoms with Crippen LogP contribution < -0.4 is 14.8 Å². The number of fused-ring (bicyclic) bond motifs is 1. The molecule has 18 heavy (non-hydrogen) atoms. The van der Waals surface area contributed by atoms with E-state index in [-0.39, 0.29) is 0 Å². The molecular formula is C12H14ClNO4. The van der Waals surface area contributed by atoms with Crippen LogP contribution in [0, 0.1) is 0 Å². The predicted molar refractivity (Wildman–Crippen MR) is 66.6 cm³/mol. The second-order valence-electron chi connectivity index (χ2n) is 3.97. The van der Waals surface area contributed by atoms with Gasteiger partial charge in [0.1, 0.15) is 6.04 Å². The van der Waals surface area contributed by atoms with Crippen LogP contribution >= 0.6 is 11.6 Å². The van der Waals surface area contributed by atoms with Crippen LogP contribution in [0.4, 0.5) is 0 Å². The van der Waals surface area contributed by atoms with Crippen molar-refractivity contribution < 1.29 is 19.4 Å². The first-order valence-corrected chi connectivity index (χ1v) is 5.87. The average molecular weight is 272 g/mol. The van der Waals surface area contributed by atoms with Crippen molar-refractivity contribution in [2.75, 3.05) is 20.8 Å². The Morgan fingerprint density at radius 3 is 2.78 bits per heavy atom. The molecule has 5 nitrogen and oxygen atoms in total. The van der Waals surface area contributed by atoms with E-state index in [1.165, 1.54) is 14.2 Å². The van der Waals surface area contributed by atoms with Crippen LogP contribution in [0.15, 0.2) is 6.07 Å². The zero-order valence-electron chi connectivity index (χ0n) is 10.1.